The van der Waals surface area contributed by atoms with Gasteiger partial charge in [-0.15, -0.1) is 11.3 Å². The van der Waals surface area contributed by atoms with E-state index < -0.39 is 5.82 Å². The van der Waals surface area contributed by atoms with Crippen LogP contribution in [-0.2, 0) is 4.79 Å². The third-order valence-corrected chi connectivity index (χ3v) is 6.79. The highest BCUT2D eigenvalue weighted by Crippen LogP contribution is 2.38. The lowest BCUT2D eigenvalue weighted by Gasteiger charge is -2.16. The molecular formula is C25H24FN5OS. The minimum absolute atomic E-state index is 0.324. The molecule has 3 heterocycles. The number of carbonyl (C=O) groups excluding carboxylic acids is 1. The summed E-state index contributed by atoms with van der Waals surface area (Å²) < 4.78 is 17.3. The normalized spacial score (nSPS) is 14.0. The zero-order valence-electron chi connectivity index (χ0n) is 18.3. The average molecular weight is 462 g/mol. The molecule has 2 N–H and O–H groups in total. The van der Waals surface area contributed by atoms with Crippen LogP contribution in [-0.4, -0.2) is 20.4 Å². The molecule has 3 aromatic heterocycles. The molecule has 4 aromatic rings. The van der Waals surface area contributed by atoms with E-state index in [1.165, 1.54) is 42.4 Å². The van der Waals surface area contributed by atoms with Gasteiger partial charge in [0.25, 0.3) is 0 Å². The zero-order chi connectivity index (χ0) is 22.9. The van der Waals surface area contributed by atoms with Crippen molar-refractivity contribution in [2.24, 2.45) is 0 Å². The molecule has 168 valence electrons. The molecule has 33 heavy (non-hydrogen) atoms. The van der Waals surface area contributed by atoms with E-state index in [0.717, 1.165) is 33.8 Å². The predicted octanol–water partition coefficient (Wildman–Crippen LogP) is 6.59. The fourth-order valence-corrected chi connectivity index (χ4v) is 5.10. The Balaban J connectivity index is 1.66. The molecule has 1 fully saturated rings. The summed E-state index contributed by atoms with van der Waals surface area (Å²) in [6.07, 6.45) is 9.75. The van der Waals surface area contributed by atoms with Crippen molar-refractivity contribution < 1.29 is 9.18 Å². The summed E-state index contributed by atoms with van der Waals surface area (Å²) in [6.45, 7) is 5.47. The van der Waals surface area contributed by atoms with Crippen molar-refractivity contribution in [1.82, 2.24) is 14.5 Å². The topological polar surface area (TPSA) is 71.8 Å². The van der Waals surface area contributed by atoms with Crippen molar-refractivity contribution in [1.29, 1.82) is 0 Å². The van der Waals surface area contributed by atoms with Crippen molar-refractivity contribution >= 4 is 44.8 Å². The van der Waals surface area contributed by atoms with Gasteiger partial charge >= 0.3 is 0 Å². The first kappa shape index (κ1) is 21.3. The number of halogens is 1. The Morgan fingerprint density at radius 3 is 2.82 bits per heavy atom. The highest BCUT2D eigenvalue weighted by molar-refractivity contribution is 7.15. The summed E-state index contributed by atoms with van der Waals surface area (Å²) in [6, 6.07) is 8.93. The van der Waals surface area contributed by atoms with Gasteiger partial charge in [0, 0.05) is 46.0 Å². The first-order valence-electron chi connectivity index (χ1n) is 11.0. The van der Waals surface area contributed by atoms with Gasteiger partial charge in [-0.1, -0.05) is 19.4 Å². The number of pyridine rings is 1. The minimum Gasteiger partial charge on any atom is -0.344 e. The molecule has 0 unspecified atom stereocenters. The number of hydrogen-bond donors (Lipinski definition) is 2. The standard InChI is InChI=1S/C25H24FN5OS/c1-3-23(32)28-16-8-9-20(26)19(12-16)24-18-10-11-31(17-6-4-5-7-17)21(18)13-22(29-24)30-25-27-14-15(2)33-25/h3,8-14,17H,1,4-7H2,2H3,(H,28,32)(H,27,29,30). The largest absolute Gasteiger partial charge is 0.344 e. The van der Waals surface area contributed by atoms with Crippen LogP contribution in [0.4, 0.5) is 21.0 Å². The highest BCUT2D eigenvalue weighted by atomic mass is 32.1. The van der Waals surface area contributed by atoms with Gasteiger partial charge in [-0.2, -0.15) is 0 Å². The van der Waals surface area contributed by atoms with Gasteiger partial charge in [0.1, 0.15) is 11.6 Å². The number of hydrogen-bond acceptors (Lipinski definition) is 5. The third-order valence-electron chi connectivity index (χ3n) is 5.97. The number of thiazole rings is 1. The van der Waals surface area contributed by atoms with Crippen molar-refractivity contribution in [3.05, 3.63) is 66.1 Å². The smallest absolute Gasteiger partial charge is 0.247 e. The fourth-order valence-electron chi connectivity index (χ4n) is 4.42. The number of rotatable bonds is 6. The predicted molar refractivity (Wildman–Crippen MR) is 132 cm³/mol. The first-order valence-corrected chi connectivity index (χ1v) is 11.8. The number of amides is 1. The van der Waals surface area contributed by atoms with E-state index in [1.807, 2.05) is 19.1 Å². The van der Waals surface area contributed by atoms with Gasteiger partial charge in [-0.3, -0.25) is 4.79 Å². The van der Waals surface area contributed by atoms with Crippen molar-refractivity contribution in [2.45, 2.75) is 38.6 Å². The lowest BCUT2D eigenvalue weighted by molar-refractivity contribution is -0.111. The Kier molecular flexibility index (Phi) is 5.68. The zero-order valence-corrected chi connectivity index (χ0v) is 19.1. The van der Waals surface area contributed by atoms with Gasteiger partial charge in [-0.25, -0.2) is 14.4 Å². The van der Waals surface area contributed by atoms with Gasteiger partial charge in [-0.05, 0) is 50.1 Å². The third kappa shape index (κ3) is 4.26. The molecule has 1 aromatic carbocycles. The molecule has 0 aliphatic heterocycles. The molecule has 1 aliphatic rings. The number of carbonyl (C=O) groups is 1. The molecule has 0 saturated heterocycles. The molecular weight excluding hydrogens is 437 g/mol. The van der Waals surface area contributed by atoms with Crippen molar-refractivity contribution in [3.63, 3.8) is 0 Å². The van der Waals surface area contributed by atoms with Gasteiger partial charge in [0.2, 0.25) is 5.91 Å². The van der Waals surface area contributed by atoms with E-state index in [2.05, 4.69) is 33.0 Å². The van der Waals surface area contributed by atoms with Crippen LogP contribution in [0.3, 0.4) is 0 Å². The van der Waals surface area contributed by atoms with Crippen LogP contribution in [0.25, 0.3) is 22.2 Å². The molecule has 0 radical (unpaired) electrons. The Bertz CT molecular complexity index is 1350. The van der Waals surface area contributed by atoms with Crippen molar-refractivity contribution in [3.8, 4) is 11.3 Å². The average Bonchev–Trinajstić information content (AvgIpc) is 3.55. The number of benzene rings is 1. The van der Waals surface area contributed by atoms with Crippen LogP contribution in [0.2, 0.25) is 0 Å². The summed E-state index contributed by atoms with van der Waals surface area (Å²) >= 11 is 1.54. The summed E-state index contributed by atoms with van der Waals surface area (Å²) in [5.41, 5.74) is 2.33. The van der Waals surface area contributed by atoms with Crippen molar-refractivity contribution in [2.75, 3.05) is 10.6 Å². The Hall–Kier alpha value is -3.52. The van der Waals surface area contributed by atoms with Crippen LogP contribution < -0.4 is 10.6 Å². The van der Waals surface area contributed by atoms with Gasteiger partial charge in [0.05, 0.1) is 11.2 Å². The fraction of sp³-hybridized carbons (Fsp3) is 0.240. The Morgan fingerprint density at radius 1 is 1.27 bits per heavy atom. The Labute approximate surface area is 195 Å². The number of aromatic nitrogens is 3. The van der Waals surface area contributed by atoms with E-state index >= 15 is 4.39 Å². The quantitative estimate of drug-likeness (QED) is 0.318. The van der Waals surface area contributed by atoms with E-state index in [4.69, 9.17) is 4.98 Å². The molecule has 1 saturated carbocycles. The maximum Gasteiger partial charge on any atom is 0.247 e. The Morgan fingerprint density at radius 2 is 2.09 bits per heavy atom. The van der Waals surface area contributed by atoms with Gasteiger partial charge in [0.15, 0.2) is 5.13 Å². The second kappa shape index (κ2) is 8.78. The second-order valence-corrected chi connectivity index (χ2v) is 9.47. The maximum atomic E-state index is 15.1. The summed E-state index contributed by atoms with van der Waals surface area (Å²) in [5, 5.41) is 7.59. The number of nitrogens with zero attached hydrogens (tertiary/aromatic N) is 3. The minimum atomic E-state index is -0.406. The van der Waals surface area contributed by atoms with Crippen LogP contribution in [0.5, 0.6) is 0 Å². The lowest BCUT2D eigenvalue weighted by Crippen LogP contribution is -2.07. The SMILES string of the molecule is C=CC(=O)Nc1ccc(F)c(-c2nc(Nc3ncc(C)s3)cc3c2ccn3C2CCCC2)c1. The molecule has 0 bridgehead atoms. The molecule has 5 rings (SSSR count). The van der Waals surface area contributed by atoms with Crippen LogP contribution in [0.15, 0.2) is 55.4 Å². The number of aryl methyl sites for hydroxylation is 1. The van der Waals surface area contributed by atoms with E-state index in [9.17, 15) is 4.79 Å². The van der Waals surface area contributed by atoms with E-state index in [1.54, 1.807) is 12.3 Å². The number of nitrogens with one attached hydrogen (secondary N) is 2. The summed E-state index contributed by atoms with van der Waals surface area (Å²) in [7, 11) is 0. The number of anilines is 3. The van der Waals surface area contributed by atoms with Crippen LogP contribution >= 0.6 is 11.3 Å². The van der Waals surface area contributed by atoms with E-state index in [0.29, 0.717) is 28.8 Å². The lowest BCUT2D eigenvalue weighted by atomic mass is 10.1. The monoisotopic (exact) mass is 461 g/mol. The molecule has 8 heteroatoms. The first-order chi connectivity index (χ1) is 16.0. The van der Waals surface area contributed by atoms with Gasteiger partial charge < -0.3 is 15.2 Å². The highest BCUT2D eigenvalue weighted by Gasteiger charge is 2.22. The molecule has 6 nitrogen and oxygen atoms in total. The molecule has 0 atom stereocenters. The van der Waals surface area contributed by atoms with Crippen LogP contribution in [0.1, 0.15) is 36.6 Å². The van der Waals surface area contributed by atoms with Crippen LogP contribution in [0, 0.1) is 12.7 Å². The summed E-state index contributed by atoms with van der Waals surface area (Å²) in [4.78, 5) is 22.0. The summed E-state index contributed by atoms with van der Waals surface area (Å²) in [5.74, 6) is -0.159. The van der Waals surface area contributed by atoms with E-state index in [-0.39, 0.29) is 5.91 Å². The molecule has 1 amide bonds. The second-order valence-electron chi connectivity index (χ2n) is 8.24. The molecule has 0 spiro atoms. The maximum absolute atomic E-state index is 15.1. The molecule has 1 aliphatic carbocycles. The number of fused-ring (bicyclic) bond motifs is 1.